The minimum Gasteiger partial charge on any atom is -0.407 e. The van der Waals surface area contributed by atoms with E-state index in [1.807, 2.05) is 0 Å². The van der Waals surface area contributed by atoms with Gasteiger partial charge in [0.25, 0.3) is 5.91 Å². The van der Waals surface area contributed by atoms with Crippen LogP contribution >= 0.6 is 0 Å². The number of nitrogens with zero attached hydrogens (tertiary/aromatic N) is 3. The molecule has 0 aliphatic heterocycles. The normalized spacial score (nSPS) is 12.1. The highest BCUT2D eigenvalue weighted by atomic mass is 32.2. The number of aromatic nitrogens is 2. The number of sulfonamides is 1. The molecule has 0 unspecified atom stereocenters. The van der Waals surface area contributed by atoms with E-state index >= 15 is 0 Å². The molecule has 0 saturated carbocycles. The molecule has 0 saturated heterocycles. The van der Waals surface area contributed by atoms with Crippen LogP contribution in [0.3, 0.4) is 0 Å². The van der Waals surface area contributed by atoms with Gasteiger partial charge in [-0.2, -0.15) is 0 Å². The number of hydrogen-bond donors (Lipinski definition) is 1. The number of carbonyl (C=O) groups excluding carboxylic acids is 1. The highest BCUT2D eigenvalue weighted by molar-refractivity contribution is 7.90. The smallest absolute Gasteiger partial charge is 0.322 e. The summed E-state index contributed by atoms with van der Waals surface area (Å²) in [5.74, 6) is -1.32. The second-order valence-electron chi connectivity index (χ2n) is 6.34. The lowest BCUT2D eigenvalue weighted by Gasteiger charge is -2.11. The second-order valence-corrected chi connectivity index (χ2v) is 10.5. The molecule has 0 fully saturated rings. The third kappa shape index (κ3) is 4.72. The number of amides is 1. The molecule has 0 aliphatic carbocycles. The Morgan fingerprint density at radius 2 is 1.57 bits per heavy atom. The van der Waals surface area contributed by atoms with Crippen molar-refractivity contribution >= 4 is 31.8 Å². The van der Waals surface area contributed by atoms with Gasteiger partial charge < -0.3 is 4.42 Å². The predicted molar refractivity (Wildman–Crippen MR) is 107 cm³/mol. The van der Waals surface area contributed by atoms with E-state index < -0.39 is 31.5 Å². The minimum atomic E-state index is -3.68. The van der Waals surface area contributed by atoms with E-state index in [4.69, 9.17) is 4.42 Å². The molecule has 0 radical (unpaired) electrons. The fourth-order valence-electron chi connectivity index (χ4n) is 2.39. The zero-order chi connectivity index (χ0) is 21.9. The van der Waals surface area contributed by atoms with Crippen molar-refractivity contribution in [2.24, 2.45) is 0 Å². The maximum atomic E-state index is 12.3. The highest BCUT2D eigenvalue weighted by Crippen LogP contribution is 2.18. The zero-order valence-corrected chi connectivity index (χ0v) is 17.6. The molecule has 1 aromatic heterocycles. The summed E-state index contributed by atoms with van der Waals surface area (Å²) in [4.78, 5) is 12.5. The Morgan fingerprint density at radius 1 is 0.933 bits per heavy atom. The summed E-state index contributed by atoms with van der Waals surface area (Å²) in [7, 11) is -4.48. The van der Waals surface area contributed by atoms with Crippen LogP contribution in [0.4, 0.5) is 6.01 Å². The Labute approximate surface area is 173 Å². The molecule has 1 amide bonds. The van der Waals surface area contributed by atoms with Crippen molar-refractivity contribution in [1.82, 2.24) is 14.5 Å². The van der Waals surface area contributed by atoms with E-state index in [-0.39, 0.29) is 27.3 Å². The minimum absolute atomic E-state index is 0.0373. The van der Waals surface area contributed by atoms with E-state index in [1.165, 1.54) is 50.5 Å². The Balaban J connectivity index is 1.69. The number of anilines is 1. The van der Waals surface area contributed by atoms with Gasteiger partial charge in [0.1, 0.15) is 5.75 Å². The first kappa shape index (κ1) is 21.6. The quantitative estimate of drug-likeness (QED) is 0.572. The van der Waals surface area contributed by atoms with Crippen LogP contribution in [0.15, 0.2) is 68.8 Å². The zero-order valence-electron chi connectivity index (χ0n) is 16.0. The first-order valence-corrected chi connectivity index (χ1v) is 11.6. The first-order chi connectivity index (χ1) is 14.1. The van der Waals surface area contributed by atoms with Crippen molar-refractivity contribution in [3.63, 3.8) is 0 Å². The average molecular weight is 450 g/mol. The molecule has 1 heterocycles. The number of rotatable bonds is 7. The molecular formula is C18H18N4O6S2. The van der Waals surface area contributed by atoms with Crippen LogP contribution in [0.2, 0.25) is 0 Å². The third-order valence-electron chi connectivity index (χ3n) is 4.00. The summed E-state index contributed by atoms with van der Waals surface area (Å²) < 4.78 is 55.1. The van der Waals surface area contributed by atoms with E-state index in [0.29, 0.717) is 0 Å². The van der Waals surface area contributed by atoms with Crippen LogP contribution in [0.5, 0.6) is 0 Å². The van der Waals surface area contributed by atoms with Crippen molar-refractivity contribution in [3.8, 4) is 0 Å². The van der Waals surface area contributed by atoms with Crippen molar-refractivity contribution < 1.29 is 26.0 Å². The molecule has 3 rings (SSSR count). The lowest BCUT2D eigenvalue weighted by Crippen LogP contribution is -2.22. The third-order valence-corrected chi connectivity index (χ3v) is 7.44. The van der Waals surface area contributed by atoms with Gasteiger partial charge in [-0.25, -0.2) is 21.1 Å². The maximum Gasteiger partial charge on any atom is 0.322 e. The van der Waals surface area contributed by atoms with E-state index in [1.54, 1.807) is 18.2 Å². The van der Waals surface area contributed by atoms with Crippen LogP contribution in [0.1, 0.15) is 16.2 Å². The van der Waals surface area contributed by atoms with E-state index in [2.05, 4.69) is 15.5 Å². The van der Waals surface area contributed by atoms with Gasteiger partial charge in [-0.3, -0.25) is 10.1 Å². The van der Waals surface area contributed by atoms with Crippen molar-refractivity contribution in [2.75, 3.05) is 19.4 Å². The van der Waals surface area contributed by atoms with Crippen LogP contribution in [-0.4, -0.2) is 51.3 Å². The number of hydrogen-bond acceptors (Lipinski definition) is 8. The van der Waals surface area contributed by atoms with Gasteiger partial charge in [-0.05, 0) is 36.4 Å². The Bertz CT molecular complexity index is 1250. The van der Waals surface area contributed by atoms with Crippen molar-refractivity contribution in [1.29, 1.82) is 0 Å². The SMILES string of the molecule is CN(C)S(=O)(=O)c1ccc(C(=O)Nc2nnc(CS(=O)(=O)c3ccccc3)o2)cc1. The lowest BCUT2D eigenvalue weighted by atomic mass is 10.2. The molecule has 0 spiro atoms. The highest BCUT2D eigenvalue weighted by Gasteiger charge is 2.21. The molecule has 12 heteroatoms. The number of benzene rings is 2. The van der Waals surface area contributed by atoms with Crippen molar-refractivity contribution in [2.45, 2.75) is 15.5 Å². The molecule has 0 aliphatic rings. The molecule has 0 bridgehead atoms. The molecule has 0 atom stereocenters. The molecule has 1 N–H and O–H groups in total. The van der Waals surface area contributed by atoms with Gasteiger partial charge in [0.05, 0.1) is 9.79 Å². The standard InChI is InChI=1S/C18H18N4O6S2/c1-22(2)30(26,27)15-10-8-13(9-11-15)17(23)19-18-21-20-16(28-18)12-29(24,25)14-6-4-3-5-7-14/h3-11H,12H2,1-2H3,(H,19,21,23). The predicted octanol–water partition coefficient (Wildman–Crippen LogP) is 1.55. The Hall–Kier alpha value is -3.09. The van der Waals surface area contributed by atoms with Crippen molar-refractivity contribution in [3.05, 3.63) is 66.1 Å². The summed E-state index contributed by atoms with van der Waals surface area (Å²) in [6.07, 6.45) is 0. The Morgan fingerprint density at radius 3 is 2.17 bits per heavy atom. The molecule has 30 heavy (non-hydrogen) atoms. The molecular weight excluding hydrogens is 432 g/mol. The van der Waals surface area contributed by atoms with Gasteiger partial charge in [0, 0.05) is 19.7 Å². The summed E-state index contributed by atoms with van der Waals surface area (Å²) in [6.45, 7) is 0. The number of nitrogens with one attached hydrogen (secondary N) is 1. The largest absolute Gasteiger partial charge is 0.407 e. The topological polar surface area (TPSA) is 140 Å². The summed E-state index contributed by atoms with van der Waals surface area (Å²) in [5, 5.41) is 9.62. The van der Waals surface area contributed by atoms with Gasteiger partial charge in [0.15, 0.2) is 9.84 Å². The Kier molecular flexibility index (Phi) is 6.01. The van der Waals surface area contributed by atoms with Gasteiger partial charge in [-0.15, -0.1) is 5.10 Å². The van der Waals surface area contributed by atoms with E-state index in [9.17, 15) is 21.6 Å². The second kappa shape index (κ2) is 8.34. The number of carbonyl (C=O) groups is 1. The average Bonchev–Trinajstić information content (AvgIpc) is 3.14. The summed E-state index contributed by atoms with van der Waals surface area (Å²) in [6, 6.07) is 12.8. The van der Waals surface area contributed by atoms with Crippen LogP contribution in [-0.2, 0) is 25.6 Å². The molecule has 3 aromatic rings. The maximum absolute atomic E-state index is 12.3. The van der Waals surface area contributed by atoms with Crippen LogP contribution < -0.4 is 5.32 Å². The molecule has 10 nitrogen and oxygen atoms in total. The first-order valence-electron chi connectivity index (χ1n) is 8.54. The van der Waals surface area contributed by atoms with Gasteiger partial charge in [-0.1, -0.05) is 23.3 Å². The fourth-order valence-corrected chi connectivity index (χ4v) is 4.48. The van der Waals surface area contributed by atoms with Crippen LogP contribution in [0, 0.1) is 0 Å². The fraction of sp³-hybridized carbons (Fsp3) is 0.167. The lowest BCUT2D eigenvalue weighted by molar-refractivity contribution is 0.102. The van der Waals surface area contributed by atoms with Crippen LogP contribution in [0.25, 0.3) is 0 Å². The molecule has 2 aromatic carbocycles. The van der Waals surface area contributed by atoms with E-state index in [0.717, 1.165) is 4.31 Å². The van der Waals surface area contributed by atoms with Gasteiger partial charge >= 0.3 is 6.01 Å². The molecule has 158 valence electrons. The number of sulfone groups is 1. The monoisotopic (exact) mass is 450 g/mol. The summed E-state index contributed by atoms with van der Waals surface area (Å²) >= 11 is 0. The summed E-state index contributed by atoms with van der Waals surface area (Å²) in [5.41, 5.74) is 0.157. The van der Waals surface area contributed by atoms with Gasteiger partial charge in [0.2, 0.25) is 15.9 Å².